The molecule has 0 aliphatic heterocycles. The van der Waals surface area contributed by atoms with Gasteiger partial charge in [-0.3, -0.25) is 4.79 Å². The van der Waals surface area contributed by atoms with E-state index >= 15 is 0 Å². The molecule has 3 rings (SSSR count). The van der Waals surface area contributed by atoms with Crippen LogP contribution in [0.25, 0.3) is 0 Å². The van der Waals surface area contributed by atoms with Crippen LogP contribution in [0, 0.1) is 11.3 Å². The fourth-order valence-corrected chi connectivity index (χ4v) is 3.71. The van der Waals surface area contributed by atoms with Crippen molar-refractivity contribution in [2.24, 2.45) is 0 Å². The van der Waals surface area contributed by atoms with Crippen molar-refractivity contribution >= 4 is 23.2 Å². The van der Waals surface area contributed by atoms with Crippen LogP contribution < -0.4 is 10.6 Å². The van der Waals surface area contributed by atoms with E-state index in [1.165, 1.54) is 35.7 Å². The van der Waals surface area contributed by atoms with Crippen LogP contribution >= 0.6 is 11.6 Å². The van der Waals surface area contributed by atoms with Crippen LogP contribution in [0.15, 0.2) is 54.2 Å². The summed E-state index contributed by atoms with van der Waals surface area (Å²) in [7, 11) is 0. The molecule has 0 saturated carbocycles. The predicted molar refractivity (Wildman–Crippen MR) is 113 cm³/mol. The Hall–Kier alpha value is -2.77. The summed E-state index contributed by atoms with van der Waals surface area (Å²) in [6.07, 6.45) is 7.14. The molecule has 144 valence electrons. The minimum atomic E-state index is -0.461. The zero-order chi connectivity index (χ0) is 19.9. The van der Waals surface area contributed by atoms with Gasteiger partial charge in [-0.15, -0.1) is 0 Å². The van der Waals surface area contributed by atoms with E-state index < -0.39 is 5.91 Å². The number of hydrogen-bond acceptors (Lipinski definition) is 3. The maximum absolute atomic E-state index is 12.4. The molecule has 1 amide bonds. The van der Waals surface area contributed by atoms with Gasteiger partial charge in [-0.05, 0) is 67.0 Å². The van der Waals surface area contributed by atoms with Crippen LogP contribution in [0.2, 0.25) is 5.02 Å². The van der Waals surface area contributed by atoms with E-state index in [0.717, 1.165) is 19.3 Å². The lowest BCUT2D eigenvalue weighted by molar-refractivity contribution is -0.112. The third kappa shape index (κ3) is 4.94. The standard InChI is InChI=1S/C23H24ClN3O/c1-2-22(18-11-10-16-6-3-4-7-17(16)12-18)26-15-19(14-25)23(28)27-21-9-5-8-20(24)13-21/h5,8-13,15,22,26H,2-4,6-7H2,1H3,(H,27,28)/b19-15-. The fraction of sp³-hybridized carbons (Fsp3) is 0.304. The van der Waals surface area contributed by atoms with E-state index in [2.05, 4.69) is 35.8 Å². The second-order valence-corrected chi connectivity index (χ2v) is 7.43. The van der Waals surface area contributed by atoms with Gasteiger partial charge in [0.15, 0.2) is 0 Å². The lowest BCUT2D eigenvalue weighted by Gasteiger charge is -2.21. The van der Waals surface area contributed by atoms with Crippen molar-refractivity contribution in [2.45, 2.75) is 45.1 Å². The summed E-state index contributed by atoms with van der Waals surface area (Å²) in [4.78, 5) is 12.4. The first-order valence-electron chi connectivity index (χ1n) is 9.65. The molecular formula is C23H24ClN3O. The number of fused-ring (bicyclic) bond motifs is 1. The number of nitrogens with zero attached hydrogens (tertiary/aromatic N) is 1. The Morgan fingerprint density at radius 3 is 2.71 bits per heavy atom. The Balaban J connectivity index is 1.71. The average molecular weight is 394 g/mol. The Morgan fingerprint density at radius 2 is 2.00 bits per heavy atom. The molecule has 0 fully saturated rings. The molecule has 4 nitrogen and oxygen atoms in total. The van der Waals surface area contributed by atoms with Crippen LogP contribution in [0.3, 0.4) is 0 Å². The summed E-state index contributed by atoms with van der Waals surface area (Å²) >= 11 is 5.94. The normalized spacial score (nSPS) is 14.5. The highest BCUT2D eigenvalue weighted by Crippen LogP contribution is 2.26. The van der Waals surface area contributed by atoms with Gasteiger partial charge < -0.3 is 10.6 Å². The van der Waals surface area contributed by atoms with Crippen molar-refractivity contribution in [3.8, 4) is 6.07 Å². The molecule has 0 spiro atoms. The zero-order valence-electron chi connectivity index (χ0n) is 16.0. The van der Waals surface area contributed by atoms with Crippen LogP contribution in [-0.2, 0) is 17.6 Å². The minimum absolute atomic E-state index is 0.0244. The van der Waals surface area contributed by atoms with Gasteiger partial charge in [-0.2, -0.15) is 5.26 Å². The molecule has 0 radical (unpaired) electrons. The van der Waals surface area contributed by atoms with Gasteiger partial charge in [0, 0.05) is 16.9 Å². The number of benzene rings is 2. The van der Waals surface area contributed by atoms with Gasteiger partial charge in [0.25, 0.3) is 5.91 Å². The quantitative estimate of drug-likeness (QED) is 0.516. The van der Waals surface area contributed by atoms with Gasteiger partial charge in [-0.1, -0.05) is 42.8 Å². The molecule has 0 saturated heterocycles. The number of anilines is 1. The zero-order valence-corrected chi connectivity index (χ0v) is 16.7. The highest BCUT2D eigenvalue weighted by molar-refractivity contribution is 6.31. The van der Waals surface area contributed by atoms with Crippen molar-refractivity contribution in [1.82, 2.24) is 5.32 Å². The van der Waals surface area contributed by atoms with Crippen LogP contribution in [0.1, 0.15) is 48.9 Å². The molecule has 1 aliphatic carbocycles. The smallest absolute Gasteiger partial charge is 0.267 e. The summed E-state index contributed by atoms with van der Waals surface area (Å²) in [5, 5.41) is 15.9. The number of nitrogens with one attached hydrogen (secondary N) is 2. The van der Waals surface area contributed by atoms with Crippen molar-refractivity contribution < 1.29 is 4.79 Å². The van der Waals surface area contributed by atoms with E-state index in [9.17, 15) is 10.1 Å². The number of carbonyl (C=O) groups excluding carboxylic acids is 1. The summed E-state index contributed by atoms with van der Waals surface area (Å²) in [6.45, 7) is 2.09. The van der Waals surface area contributed by atoms with Crippen LogP contribution in [0.5, 0.6) is 0 Å². The topological polar surface area (TPSA) is 64.9 Å². The van der Waals surface area contributed by atoms with Crippen LogP contribution in [-0.4, -0.2) is 5.91 Å². The maximum Gasteiger partial charge on any atom is 0.267 e. The van der Waals surface area contributed by atoms with Gasteiger partial charge in [0.2, 0.25) is 0 Å². The lowest BCUT2D eigenvalue weighted by Crippen LogP contribution is -2.20. The van der Waals surface area contributed by atoms with E-state index in [4.69, 9.17) is 11.6 Å². The van der Waals surface area contributed by atoms with E-state index in [1.54, 1.807) is 24.3 Å². The number of aryl methyl sites for hydroxylation is 2. The second kappa shape index (κ2) is 9.43. The molecule has 1 atom stereocenters. The van der Waals surface area contributed by atoms with E-state index in [-0.39, 0.29) is 11.6 Å². The molecule has 2 aromatic carbocycles. The monoisotopic (exact) mass is 393 g/mol. The third-order valence-corrected chi connectivity index (χ3v) is 5.29. The second-order valence-electron chi connectivity index (χ2n) is 7.00. The first-order valence-corrected chi connectivity index (χ1v) is 10.0. The lowest BCUT2D eigenvalue weighted by atomic mass is 9.89. The Kier molecular flexibility index (Phi) is 6.73. The Morgan fingerprint density at radius 1 is 1.21 bits per heavy atom. The van der Waals surface area contributed by atoms with E-state index in [1.807, 2.05) is 6.07 Å². The molecule has 5 heteroatoms. The van der Waals surface area contributed by atoms with Crippen molar-refractivity contribution in [3.05, 3.63) is 76.0 Å². The molecule has 0 aromatic heterocycles. The first-order chi connectivity index (χ1) is 13.6. The molecule has 2 aromatic rings. The van der Waals surface area contributed by atoms with E-state index in [0.29, 0.717) is 10.7 Å². The number of rotatable bonds is 6. The number of nitriles is 1. The molecular weight excluding hydrogens is 370 g/mol. The first kappa shape index (κ1) is 20.0. The average Bonchev–Trinajstić information content (AvgIpc) is 2.71. The SMILES string of the molecule is CCC(N/C=C(/C#N)C(=O)Nc1cccc(Cl)c1)c1ccc2c(c1)CCCC2. The number of halogens is 1. The predicted octanol–water partition coefficient (Wildman–Crippen LogP) is 5.31. The summed E-state index contributed by atoms with van der Waals surface area (Å²) in [5.74, 6) is -0.461. The highest BCUT2D eigenvalue weighted by Gasteiger charge is 2.15. The van der Waals surface area contributed by atoms with Crippen molar-refractivity contribution in [3.63, 3.8) is 0 Å². The molecule has 1 aliphatic rings. The summed E-state index contributed by atoms with van der Waals surface area (Å²) in [5.41, 5.74) is 4.63. The third-order valence-electron chi connectivity index (χ3n) is 5.06. The summed E-state index contributed by atoms with van der Waals surface area (Å²) < 4.78 is 0. The molecule has 2 N–H and O–H groups in total. The fourth-order valence-electron chi connectivity index (χ4n) is 3.52. The van der Waals surface area contributed by atoms with Gasteiger partial charge in [0.05, 0.1) is 6.04 Å². The number of hydrogen-bond donors (Lipinski definition) is 2. The largest absolute Gasteiger partial charge is 0.383 e. The molecule has 0 bridgehead atoms. The highest BCUT2D eigenvalue weighted by atomic mass is 35.5. The van der Waals surface area contributed by atoms with Gasteiger partial charge in [-0.25, -0.2) is 0 Å². The van der Waals surface area contributed by atoms with Crippen molar-refractivity contribution in [2.75, 3.05) is 5.32 Å². The Labute approximate surface area is 171 Å². The van der Waals surface area contributed by atoms with Gasteiger partial charge >= 0.3 is 0 Å². The van der Waals surface area contributed by atoms with Crippen LogP contribution in [0.4, 0.5) is 5.69 Å². The van der Waals surface area contributed by atoms with Crippen molar-refractivity contribution in [1.29, 1.82) is 5.26 Å². The molecule has 28 heavy (non-hydrogen) atoms. The molecule has 0 heterocycles. The maximum atomic E-state index is 12.4. The number of amides is 1. The minimum Gasteiger partial charge on any atom is -0.383 e. The Bertz CT molecular complexity index is 930. The summed E-state index contributed by atoms with van der Waals surface area (Å²) in [6, 6.07) is 15.5. The molecule has 1 unspecified atom stereocenters. The number of carbonyl (C=O) groups is 1. The van der Waals surface area contributed by atoms with Gasteiger partial charge in [0.1, 0.15) is 11.6 Å².